The van der Waals surface area contributed by atoms with E-state index in [9.17, 15) is 14.7 Å². The molecule has 0 heterocycles. The third-order valence-electron chi connectivity index (χ3n) is 14.1. The minimum Gasteiger partial charge on any atom is -0.462 e. The van der Waals surface area contributed by atoms with Crippen LogP contribution in [0.4, 0.5) is 0 Å². The van der Waals surface area contributed by atoms with Gasteiger partial charge in [-0.2, -0.15) is 0 Å². The number of carbonyl (C=O) groups is 2. The molecule has 5 nitrogen and oxygen atoms in total. The zero-order chi connectivity index (χ0) is 50.6. The predicted octanol–water partition coefficient (Wildman–Crippen LogP) is 21.2. The highest BCUT2D eigenvalue weighted by atomic mass is 16.6. The summed E-state index contributed by atoms with van der Waals surface area (Å²) in [5, 5.41) is 9.67. The number of esters is 2. The highest BCUT2D eigenvalue weighted by Crippen LogP contribution is 2.17. The minimum absolute atomic E-state index is 0.0644. The second-order valence-corrected chi connectivity index (χ2v) is 21.1. The third-order valence-corrected chi connectivity index (χ3v) is 14.1. The Morgan fingerprint density at radius 2 is 0.571 bits per heavy atom. The van der Waals surface area contributed by atoms with Crippen LogP contribution in [0, 0.1) is 0 Å². The van der Waals surface area contributed by atoms with Crippen LogP contribution in [0.25, 0.3) is 0 Å². The topological polar surface area (TPSA) is 72.8 Å². The second kappa shape index (κ2) is 61.2. The molecule has 5 heteroatoms. The van der Waals surface area contributed by atoms with E-state index in [-0.39, 0.29) is 25.2 Å². The lowest BCUT2D eigenvalue weighted by Gasteiger charge is -2.15. The van der Waals surface area contributed by atoms with Gasteiger partial charge in [0.05, 0.1) is 6.61 Å². The summed E-state index contributed by atoms with van der Waals surface area (Å²) < 4.78 is 10.7. The summed E-state index contributed by atoms with van der Waals surface area (Å²) in [5.41, 5.74) is 0. The molecule has 0 aliphatic heterocycles. The van der Waals surface area contributed by atoms with E-state index in [1.807, 2.05) is 0 Å². The van der Waals surface area contributed by atoms with E-state index in [0.29, 0.717) is 12.8 Å². The first kappa shape index (κ1) is 67.9. The Labute approximate surface area is 437 Å². The fourth-order valence-electron chi connectivity index (χ4n) is 9.38. The van der Waals surface area contributed by atoms with Gasteiger partial charge in [-0.1, -0.05) is 294 Å². The Morgan fingerprint density at radius 1 is 0.329 bits per heavy atom. The standard InChI is InChI=1S/C65H120O5/c1-3-5-7-9-11-13-15-17-19-21-23-25-27-29-30-31-32-33-34-36-37-39-41-43-45-47-49-51-53-55-57-59-64(67)69-62-63(61-66)70-65(68)60-58-56-54-52-50-48-46-44-42-40-38-35-28-26-24-22-20-18-16-14-12-10-8-6-4-2/h16,18,21-24,28,35,63,66H,3-15,17,19-20,25-27,29-34,36-62H2,1-2H3/b18-16-,23-21-,24-22-,35-28-. The van der Waals surface area contributed by atoms with Crippen molar-refractivity contribution in [2.24, 2.45) is 0 Å². The van der Waals surface area contributed by atoms with Gasteiger partial charge in [0.2, 0.25) is 0 Å². The SMILES string of the molecule is CCCCCCC/C=C\C/C=C\C/C=C\CCCCCCCCCCCCC(=O)OC(CO)COC(=O)CCCCCCCCCCCCCCCCCCCCC/C=C\CCCCCCCCCC. The summed E-state index contributed by atoms with van der Waals surface area (Å²) in [5.74, 6) is -0.579. The first-order valence-electron chi connectivity index (χ1n) is 31.2. The molecule has 1 N–H and O–H groups in total. The summed E-state index contributed by atoms with van der Waals surface area (Å²) in [4.78, 5) is 24.6. The Kier molecular flexibility index (Phi) is 59.3. The normalized spacial score (nSPS) is 12.4. The molecule has 0 saturated carbocycles. The van der Waals surface area contributed by atoms with Crippen molar-refractivity contribution in [2.45, 2.75) is 341 Å². The van der Waals surface area contributed by atoms with Crippen LogP contribution in [-0.4, -0.2) is 36.4 Å². The van der Waals surface area contributed by atoms with Gasteiger partial charge >= 0.3 is 11.9 Å². The fourth-order valence-corrected chi connectivity index (χ4v) is 9.38. The number of ether oxygens (including phenoxy) is 2. The maximum Gasteiger partial charge on any atom is 0.306 e. The van der Waals surface area contributed by atoms with E-state index >= 15 is 0 Å². The van der Waals surface area contributed by atoms with Gasteiger partial charge in [-0.25, -0.2) is 0 Å². The van der Waals surface area contributed by atoms with Crippen LogP contribution in [0.15, 0.2) is 48.6 Å². The van der Waals surface area contributed by atoms with Crippen molar-refractivity contribution in [1.82, 2.24) is 0 Å². The van der Waals surface area contributed by atoms with Crippen molar-refractivity contribution in [3.8, 4) is 0 Å². The van der Waals surface area contributed by atoms with Crippen molar-refractivity contribution >= 4 is 11.9 Å². The van der Waals surface area contributed by atoms with E-state index in [1.165, 1.54) is 257 Å². The molecule has 0 amide bonds. The van der Waals surface area contributed by atoms with Crippen LogP contribution >= 0.6 is 0 Å². The lowest BCUT2D eigenvalue weighted by molar-refractivity contribution is -0.161. The maximum atomic E-state index is 12.3. The fraction of sp³-hybridized carbons (Fsp3) is 0.846. The Morgan fingerprint density at radius 3 is 0.871 bits per heavy atom. The van der Waals surface area contributed by atoms with Gasteiger partial charge in [0, 0.05) is 12.8 Å². The molecule has 0 saturated heterocycles. The largest absolute Gasteiger partial charge is 0.462 e. The molecule has 0 spiro atoms. The molecule has 0 bridgehead atoms. The Hall–Kier alpha value is -2.14. The van der Waals surface area contributed by atoms with Crippen LogP contribution in [0.1, 0.15) is 335 Å². The first-order chi connectivity index (χ1) is 34.6. The monoisotopic (exact) mass is 981 g/mol. The average Bonchev–Trinajstić information content (AvgIpc) is 3.36. The first-order valence-corrected chi connectivity index (χ1v) is 31.2. The number of carbonyl (C=O) groups excluding carboxylic acids is 2. The van der Waals surface area contributed by atoms with E-state index in [0.717, 1.165) is 51.4 Å². The molecular weight excluding hydrogens is 861 g/mol. The second-order valence-electron chi connectivity index (χ2n) is 21.1. The summed E-state index contributed by atoms with van der Waals surface area (Å²) >= 11 is 0. The summed E-state index contributed by atoms with van der Waals surface area (Å²) in [6.45, 7) is 4.17. The molecule has 0 aromatic heterocycles. The van der Waals surface area contributed by atoms with Crippen LogP contribution < -0.4 is 0 Å². The molecule has 0 aliphatic rings. The van der Waals surface area contributed by atoms with Crippen molar-refractivity contribution in [1.29, 1.82) is 0 Å². The third kappa shape index (κ3) is 58.4. The van der Waals surface area contributed by atoms with Gasteiger partial charge in [-0.3, -0.25) is 9.59 Å². The number of hydrogen-bond donors (Lipinski definition) is 1. The van der Waals surface area contributed by atoms with Gasteiger partial charge < -0.3 is 14.6 Å². The maximum absolute atomic E-state index is 12.3. The molecule has 0 rings (SSSR count). The zero-order valence-electron chi connectivity index (χ0n) is 47.0. The average molecular weight is 982 g/mol. The number of rotatable bonds is 58. The smallest absolute Gasteiger partial charge is 0.306 e. The van der Waals surface area contributed by atoms with Crippen molar-refractivity contribution in [3.05, 3.63) is 48.6 Å². The van der Waals surface area contributed by atoms with Gasteiger partial charge in [-0.05, 0) is 77.0 Å². The molecule has 1 unspecified atom stereocenters. The molecule has 0 radical (unpaired) electrons. The summed E-state index contributed by atoms with van der Waals surface area (Å²) in [7, 11) is 0. The number of allylic oxidation sites excluding steroid dienone is 8. The van der Waals surface area contributed by atoms with E-state index in [2.05, 4.69) is 62.5 Å². The molecule has 410 valence electrons. The van der Waals surface area contributed by atoms with Crippen LogP contribution in [-0.2, 0) is 19.1 Å². The van der Waals surface area contributed by atoms with E-state index in [1.54, 1.807) is 0 Å². The molecule has 1 atom stereocenters. The molecule has 0 fully saturated rings. The Balaban J connectivity index is 3.44. The van der Waals surface area contributed by atoms with Gasteiger partial charge in [0.1, 0.15) is 6.61 Å². The molecular formula is C65H120O5. The van der Waals surface area contributed by atoms with Crippen LogP contribution in [0.2, 0.25) is 0 Å². The van der Waals surface area contributed by atoms with Crippen molar-refractivity contribution in [3.63, 3.8) is 0 Å². The lowest BCUT2D eigenvalue weighted by Crippen LogP contribution is -2.28. The van der Waals surface area contributed by atoms with Crippen molar-refractivity contribution in [2.75, 3.05) is 13.2 Å². The molecule has 0 aromatic carbocycles. The van der Waals surface area contributed by atoms with Gasteiger partial charge in [-0.15, -0.1) is 0 Å². The highest BCUT2D eigenvalue weighted by Gasteiger charge is 2.16. The minimum atomic E-state index is -0.775. The van der Waals surface area contributed by atoms with E-state index < -0.39 is 6.10 Å². The summed E-state index contributed by atoms with van der Waals surface area (Å²) in [6, 6.07) is 0. The molecule has 0 aliphatic carbocycles. The number of hydrogen-bond acceptors (Lipinski definition) is 5. The quantitative estimate of drug-likeness (QED) is 0.0373. The Bertz CT molecular complexity index is 1150. The van der Waals surface area contributed by atoms with Gasteiger partial charge in [0.25, 0.3) is 0 Å². The van der Waals surface area contributed by atoms with E-state index in [4.69, 9.17) is 9.47 Å². The number of aliphatic hydroxyl groups excluding tert-OH is 1. The molecule has 0 aromatic rings. The highest BCUT2D eigenvalue weighted by molar-refractivity contribution is 5.70. The number of aliphatic hydroxyl groups is 1. The molecule has 70 heavy (non-hydrogen) atoms. The zero-order valence-corrected chi connectivity index (χ0v) is 47.0. The summed E-state index contributed by atoms with van der Waals surface area (Å²) in [6.07, 6.45) is 81.1. The number of unbranched alkanes of at least 4 members (excludes halogenated alkanes) is 42. The van der Waals surface area contributed by atoms with Crippen molar-refractivity contribution < 1.29 is 24.2 Å². The van der Waals surface area contributed by atoms with Crippen LogP contribution in [0.3, 0.4) is 0 Å². The lowest BCUT2D eigenvalue weighted by atomic mass is 10.0. The van der Waals surface area contributed by atoms with Crippen LogP contribution in [0.5, 0.6) is 0 Å². The van der Waals surface area contributed by atoms with Gasteiger partial charge in [0.15, 0.2) is 6.10 Å². The predicted molar refractivity (Wildman–Crippen MR) is 307 cm³/mol.